The molecule has 0 spiro atoms. The van der Waals surface area contributed by atoms with Gasteiger partial charge >= 0.3 is 0 Å². The van der Waals surface area contributed by atoms with Crippen LogP contribution in [0.5, 0.6) is 0 Å². The first-order valence-electron chi connectivity index (χ1n) is 7.58. The third-order valence-electron chi connectivity index (χ3n) is 4.03. The van der Waals surface area contributed by atoms with Gasteiger partial charge in [0.1, 0.15) is 5.82 Å². The smallest absolute Gasteiger partial charge is 0.240 e. The van der Waals surface area contributed by atoms with Crippen molar-refractivity contribution in [3.63, 3.8) is 0 Å². The summed E-state index contributed by atoms with van der Waals surface area (Å²) >= 11 is 6.15. The van der Waals surface area contributed by atoms with Gasteiger partial charge in [-0.25, -0.2) is 17.5 Å². The van der Waals surface area contributed by atoms with Crippen LogP contribution < -0.4 is 9.62 Å². The number of nitrogens with one attached hydrogen (secondary N) is 1. The lowest BCUT2D eigenvalue weighted by molar-refractivity contribution is 0.460. The standard InChI is InChI=1S/C16H17ClFN3O2S/c17-15-11-19-8-5-16(15)21-9-6-13(7-10-21)20-24(22,23)14-3-1-12(18)2-4-14/h1-5,8,11,13,20H,6-7,9-10H2. The molecule has 3 rings (SSSR count). The summed E-state index contributed by atoms with van der Waals surface area (Å²) < 4.78 is 40.3. The molecule has 0 amide bonds. The van der Waals surface area contributed by atoms with Gasteiger partial charge in [0.15, 0.2) is 0 Å². The molecule has 1 N–H and O–H groups in total. The van der Waals surface area contributed by atoms with E-state index in [2.05, 4.69) is 14.6 Å². The van der Waals surface area contributed by atoms with Crippen molar-refractivity contribution < 1.29 is 12.8 Å². The summed E-state index contributed by atoms with van der Waals surface area (Å²) in [6.07, 6.45) is 4.61. The van der Waals surface area contributed by atoms with Crippen LogP contribution in [-0.2, 0) is 10.0 Å². The Morgan fingerprint density at radius 3 is 2.46 bits per heavy atom. The molecular weight excluding hydrogens is 353 g/mol. The van der Waals surface area contributed by atoms with E-state index >= 15 is 0 Å². The topological polar surface area (TPSA) is 62.3 Å². The van der Waals surface area contributed by atoms with Crippen LogP contribution in [0.15, 0.2) is 47.6 Å². The molecule has 2 heterocycles. The second-order valence-corrected chi connectivity index (χ2v) is 7.78. The Hall–Kier alpha value is -1.70. The largest absolute Gasteiger partial charge is 0.370 e. The fourth-order valence-electron chi connectivity index (χ4n) is 2.76. The van der Waals surface area contributed by atoms with Gasteiger partial charge in [-0.15, -0.1) is 0 Å². The molecule has 2 aromatic rings. The molecule has 1 aromatic heterocycles. The molecule has 0 aliphatic carbocycles. The molecule has 1 aromatic carbocycles. The first kappa shape index (κ1) is 17.1. The van der Waals surface area contributed by atoms with Crippen molar-refractivity contribution in [3.8, 4) is 0 Å². The van der Waals surface area contributed by atoms with Crippen LogP contribution >= 0.6 is 11.6 Å². The van der Waals surface area contributed by atoms with Crippen molar-refractivity contribution in [1.82, 2.24) is 9.71 Å². The van der Waals surface area contributed by atoms with Gasteiger partial charge in [0.2, 0.25) is 10.0 Å². The Morgan fingerprint density at radius 2 is 1.83 bits per heavy atom. The highest BCUT2D eigenvalue weighted by atomic mass is 35.5. The van der Waals surface area contributed by atoms with E-state index in [1.54, 1.807) is 12.4 Å². The van der Waals surface area contributed by atoms with E-state index in [9.17, 15) is 12.8 Å². The zero-order valence-electron chi connectivity index (χ0n) is 12.8. The van der Waals surface area contributed by atoms with E-state index in [-0.39, 0.29) is 10.9 Å². The summed E-state index contributed by atoms with van der Waals surface area (Å²) in [6, 6.07) is 6.51. The van der Waals surface area contributed by atoms with Crippen molar-refractivity contribution >= 4 is 27.3 Å². The summed E-state index contributed by atoms with van der Waals surface area (Å²) in [5.74, 6) is -0.462. The van der Waals surface area contributed by atoms with E-state index in [4.69, 9.17) is 11.6 Å². The molecular formula is C16H17ClFN3O2S. The number of pyridine rings is 1. The van der Waals surface area contributed by atoms with Crippen molar-refractivity contribution in [1.29, 1.82) is 0 Å². The SMILES string of the molecule is O=S(=O)(NC1CCN(c2ccncc2Cl)CC1)c1ccc(F)cc1. The Morgan fingerprint density at radius 1 is 1.17 bits per heavy atom. The number of hydrogen-bond acceptors (Lipinski definition) is 4. The third-order valence-corrected chi connectivity index (χ3v) is 5.86. The van der Waals surface area contributed by atoms with Gasteiger partial charge in [0.05, 0.1) is 15.6 Å². The average Bonchev–Trinajstić information content (AvgIpc) is 2.56. The predicted molar refractivity (Wildman–Crippen MR) is 91.2 cm³/mol. The molecule has 24 heavy (non-hydrogen) atoms. The summed E-state index contributed by atoms with van der Waals surface area (Å²) in [5.41, 5.74) is 0.909. The molecule has 1 saturated heterocycles. The summed E-state index contributed by atoms with van der Waals surface area (Å²) in [4.78, 5) is 6.16. The van der Waals surface area contributed by atoms with Gasteiger partial charge in [-0.05, 0) is 43.2 Å². The van der Waals surface area contributed by atoms with Gasteiger partial charge in [-0.1, -0.05) is 11.6 Å². The molecule has 0 bridgehead atoms. The minimum atomic E-state index is -3.64. The van der Waals surface area contributed by atoms with Crippen LogP contribution in [0.25, 0.3) is 0 Å². The fraction of sp³-hybridized carbons (Fsp3) is 0.312. The number of halogens is 2. The van der Waals surface area contributed by atoms with Gasteiger partial charge in [0.25, 0.3) is 0 Å². The second kappa shape index (κ2) is 7.04. The second-order valence-electron chi connectivity index (χ2n) is 5.66. The number of aromatic nitrogens is 1. The number of benzene rings is 1. The fourth-order valence-corrected chi connectivity index (χ4v) is 4.31. The van der Waals surface area contributed by atoms with Crippen LogP contribution in [0.2, 0.25) is 5.02 Å². The molecule has 8 heteroatoms. The summed E-state index contributed by atoms with van der Waals surface area (Å²) in [6.45, 7) is 1.39. The quantitative estimate of drug-likeness (QED) is 0.900. The Kier molecular flexibility index (Phi) is 5.03. The lowest BCUT2D eigenvalue weighted by Crippen LogP contribution is -2.44. The van der Waals surface area contributed by atoms with Gasteiger partial charge in [-0.2, -0.15) is 0 Å². The molecule has 1 fully saturated rings. The first-order chi connectivity index (χ1) is 11.5. The van der Waals surface area contributed by atoms with Crippen LogP contribution in [-0.4, -0.2) is 32.5 Å². The molecule has 0 saturated carbocycles. The third kappa shape index (κ3) is 3.85. The van der Waals surface area contributed by atoms with Gasteiger partial charge in [-0.3, -0.25) is 4.98 Å². The minimum absolute atomic E-state index is 0.0727. The van der Waals surface area contributed by atoms with Crippen molar-refractivity contribution in [2.75, 3.05) is 18.0 Å². The van der Waals surface area contributed by atoms with Crippen molar-refractivity contribution in [3.05, 3.63) is 53.6 Å². The van der Waals surface area contributed by atoms with Gasteiger partial charge < -0.3 is 4.90 Å². The van der Waals surface area contributed by atoms with Crippen LogP contribution in [0.3, 0.4) is 0 Å². The molecule has 5 nitrogen and oxygen atoms in total. The van der Waals surface area contributed by atoms with Crippen molar-refractivity contribution in [2.24, 2.45) is 0 Å². The van der Waals surface area contributed by atoms with Crippen LogP contribution in [0.1, 0.15) is 12.8 Å². The number of hydrogen-bond donors (Lipinski definition) is 1. The molecule has 0 radical (unpaired) electrons. The van der Waals surface area contributed by atoms with E-state index in [0.717, 1.165) is 17.8 Å². The van der Waals surface area contributed by atoms with Crippen LogP contribution in [0, 0.1) is 5.82 Å². The minimum Gasteiger partial charge on any atom is -0.370 e. The maximum absolute atomic E-state index is 12.9. The average molecular weight is 370 g/mol. The molecule has 1 aliphatic rings. The normalized spacial score (nSPS) is 16.3. The lowest BCUT2D eigenvalue weighted by Gasteiger charge is -2.34. The van der Waals surface area contributed by atoms with Crippen LogP contribution in [0.4, 0.5) is 10.1 Å². The van der Waals surface area contributed by atoms with E-state index in [0.29, 0.717) is 31.0 Å². The number of sulfonamides is 1. The maximum atomic E-state index is 12.9. The molecule has 0 atom stereocenters. The maximum Gasteiger partial charge on any atom is 0.240 e. The lowest BCUT2D eigenvalue weighted by atomic mass is 10.1. The number of rotatable bonds is 4. The molecule has 1 aliphatic heterocycles. The van der Waals surface area contributed by atoms with E-state index < -0.39 is 15.8 Å². The Bertz CT molecular complexity index is 806. The highest BCUT2D eigenvalue weighted by Crippen LogP contribution is 2.27. The number of nitrogens with zero attached hydrogens (tertiary/aromatic N) is 2. The highest BCUT2D eigenvalue weighted by molar-refractivity contribution is 7.89. The summed E-state index contributed by atoms with van der Waals surface area (Å²) in [7, 11) is -3.64. The number of piperidine rings is 1. The number of anilines is 1. The van der Waals surface area contributed by atoms with Crippen molar-refractivity contribution in [2.45, 2.75) is 23.8 Å². The zero-order chi connectivity index (χ0) is 17.2. The molecule has 0 unspecified atom stereocenters. The van der Waals surface area contributed by atoms with Gasteiger partial charge in [0, 0.05) is 31.5 Å². The Balaban J connectivity index is 1.63. The van der Waals surface area contributed by atoms with E-state index in [1.807, 2.05) is 6.07 Å². The highest BCUT2D eigenvalue weighted by Gasteiger charge is 2.25. The summed E-state index contributed by atoms with van der Waals surface area (Å²) in [5, 5.41) is 0.586. The predicted octanol–water partition coefficient (Wildman–Crippen LogP) is 2.82. The first-order valence-corrected chi connectivity index (χ1v) is 9.44. The molecule has 128 valence electrons. The zero-order valence-corrected chi connectivity index (χ0v) is 14.4. The van der Waals surface area contributed by atoms with E-state index in [1.165, 1.54) is 12.1 Å². The monoisotopic (exact) mass is 369 g/mol. The Labute approximate surface area is 145 Å².